The maximum atomic E-state index is 14.7. The minimum Gasteiger partial charge on any atom is -0.494 e. The number of pyridine rings is 1. The third-order valence-corrected chi connectivity index (χ3v) is 14.0. The highest BCUT2D eigenvalue weighted by Crippen LogP contribution is 2.48. The minimum absolute atomic E-state index is 0.0351. The molecule has 1 aromatic carbocycles. The summed E-state index contributed by atoms with van der Waals surface area (Å²) in [6.07, 6.45) is 0.238. The Hall–Kier alpha value is -4.61. The third kappa shape index (κ3) is 8.86. The molecule has 14 nitrogen and oxygen atoms in total. The minimum atomic E-state index is -4.91. The molecule has 4 aliphatic rings. The normalized spacial score (nSPS) is 29.4. The molecule has 2 aliphatic heterocycles. The molecule has 7 atom stereocenters. The fourth-order valence-corrected chi connectivity index (χ4v) is 8.99. The van der Waals surface area contributed by atoms with E-state index in [2.05, 4.69) is 20.3 Å². The van der Waals surface area contributed by atoms with Gasteiger partial charge >= 0.3 is 12.3 Å². The molecule has 3 N–H and O–H groups in total. The van der Waals surface area contributed by atoms with Crippen LogP contribution in [0.2, 0.25) is 0 Å². The molecule has 2 aliphatic carbocycles. The summed E-state index contributed by atoms with van der Waals surface area (Å²) in [6, 6.07) is 4.36. The van der Waals surface area contributed by atoms with Crippen molar-refractivity contribution in [2.75, 3.05) is 13.2 Å². The number of amides is 4. The third-order valence-electron chi connectivity index (χ3n) is 11.8. The lowest BCUT2D eigenvalue weighted by Crippen LogP contribution is -2.59. The van der Waals surface area contributed by atoms with E-state index >= 15 is 0 Å². The predicted molar refractivity (Wildman–Crippen MR) is 206 cm³/mol. The van der Waals surface area contributed by atoms with Crippen molar-refractivity contribution in [1.29, 1.82) is 0 Å². The number of nitrogens with one attached hydrogen (secondary N) is 3. The van der Waals surface area contributed by atoms with Crippen molar-refractivity contribution in [3.8, 4) is 11.6 Å². The van der Waals surface area contributed by atoms with Gasteiger partial charge < -0.3 is 29.7 Å². The molecule has 3 fully saturated rings. The summed E-state index contributed by atoms with van der Waals surface area (Å²) in [6.45, 7) is 8.66. The van der Waals surface area contributed by atoms with Gasteiger partial charge in [0, 0.05) is 23.9 Å². The van der Waals surface area contributed by atoms with E-state index in [1.54, 1.807) is 31.2 Å². The zero-order valence-corrected chi connectivity index (χ0v) is 34.3. The number of sulfonamides is 1. The van der Waals surface area contributed by atoms with Gasteiger partial charge in [-0.3, -0.25) is 19.1 Å². The van der Waals surface area contributed by atoms with E-state index in [0.717, 1.165) is 5.39 Å². The number of alkyl halides is 3. The van der Waals surface area contributed by atoms with E-state index in [1.807, 2.05) is 26.0 Å². The largest absolute Gasteiger partial charge is 0.494 e. The summed E-state index contributed by atoms with van der Waals surface area (Å²) in [5.74, 6) is -2.82. The van der Waals surface area contributed by atoms with Gasteiger partial charge in [0.25, 0.3) is 5.91 Å². The Balaban J connectivity index is 1.35. The van der Waals surface area contributed by atoms with Crippen LogP contribution < -0.4 is 24.8 Å². The van der Waals surface area contributed by atoms with E-state index in [1.165, 1.54) is 18.0 Å². The lowest BCUT2D eigenvalue weighted by Gasteiger charge is -2.34. The number of rotatable bonds is 9. The van der Waals surface area contributed by atoms with Crippen LogP contribution in [0, 0.1) is 17.8 Å². The molecule has 0 unspecified atom stereocenters. The number of allylic oxidation sites excluding steroid dienone is 1. The maximum absolute atomic E-state index is 14.7. The van der Waals surface area contributed by atoms with Crippen molar-refractivity contribution < 1.29 is 55.0 Å². The summed E-state index contributed by atoms with van der Waals surface area (Å²) in [5.41, 5.74) is -4.52. The second-order valence-electron chi connectivity index (χ2n) is 16.9. The lowest BCUT2D eigenvalue weighted by atomic mass is 9.88. The first-order valence-corrected chi connectivity index (χ1v) is 21.2. The van der Waals surface area contributed by atoms with Crippen molar-refractivity contribution in [3.63, 3.8) is 0 Å². The summed E-state index contributed by atoms with van der Waals surface area (Å²) in [4.78, 5) is 61.9. The van der Waals surface area contributed by atoms with Crippen LogP contribution in [0.4, 0.5) is 18.0 Å². The van der Waals surface area contributed by atoms with Gasteiger partial charge in [0.05, 0.1) is 17.9 Å². The molecule has 3 heterocycles. The van der Waals surface area contributed by atoms with E-state index < -0.39 is 85.9 Å². The number of nitrogens with zero attached hydrogens (tertiary/aromatic N) is 2. The second kappa shape index (κ2) is 15.9. The van der Waals surface area contributed by atoms with Gasteiger partial charge in [-0.2, -0.15) is 13.2 Å². The predicted octanol–water partition coefficient (Wildman–Crippen LogP) is 5.30. The number of carbonyl (C=O) groups is 4. The van der Waals surface area contributed by atoms with Gasteiger partial charge in [-0.1, -0.05) is 26.0 Å². The molecule has 0 radical (unpaired) electrons. The van der Waals surface area contributed by atoms with Crippen LogP contribution in [0.5, 0.6) is 11.6 Å². The van der Waals surface area contributed by atoms with Gasteiger partial charge in [-0.05, 0) is 108 Å². The molecular formula is C40H52F3N5O9S. The average molecular weight is 836 g/mol. The van der Waals surface area contributed by atoms with Crippen LogP contribution in [0.15, 0.2) is 42.6 Å². The molecule has 0 bridgehead atoms. The summed E-state index contributed by atoms with van der Waals surface area (Å²) >= 11 is 0. The molecule has 4 amide bonds. The van der Waals surface area contributed by atoms with Gasteiger partial charge in [-0.15, -0.1) is 0 Å². The Kier molecular flexibility index (Phi) is 11.8. The number of aromatic nitrogens is 1. The Bertz CT molecular complexity index is 2070. The molecule has 6 rings (SSSR count). The fourth-order valence-electron chi connectivity index (χ4n) is 7.68. The fraction of sp³-hybridized carbons (Fsp3) is 0.625. The average Bonchev–Trinajstić information content (AvgIpc) is 4.01. The van der Waals surface area contributed by atoms with Crippen molar-refractivity contribution in [2.45, 2.75) is 127 Å². The lowest BCUT2D eigenvalue weighted by molar-refractivity contribution is -0.244. The molecule has 1 aromatic heterocycles. The number of halogens is 3. The van der Waals surface area contributed by atoms with Crippen molar-refractivity contribution in [3.05, 3.63) is 42.6 Å². The Morgan fingerprint density at radius 2 is 1.83 bits per heavy atom. The standard InChI is InChI=1S/C40H52F3N5O9S/c1-7-55-27-12-13-29-25(19-27)14-17-44-33(29)56-28-20-30-32(49)46-39(35(51)47-58(53,54)38(6)15-16-38)21-26(39)11-9-8-10-23(2)18-24(3)31(34(50)48(30)22-28)45-36(52)57-37(4,5)40(41,42)43/h9,11-14,17,19,23-24,26,28,30-31H,7-8,10,15-16,18,20-22H2,1-6H3,(H,45,52)(H,46,49)(H,47,51)/b11-9-/t23-,24+,26+,28+,30-,31-,39+/m0/s1. The van der Waals surface area contributed by atoms with Gasteiger partial charge in [0.15, 0.2) is 0 Å². The molecule has 2 aromatic rings. The zero-order chi connectivity index (χ0) is 42.4. The Labute approximate surface area is 336 Å². The number of ether oxygens (including phenoxy) is 3. The van der Waals surface area contributed by atoms with Gasteiger partial charge in [0.2, 0.25) is 33.3 Å². The number of fused-ring (bicyclic) bond motifs is 3. The first-order valence-electron chi connectivity index (χ1n) is 19.7. The molecular weight excluding hydrogens is 784 g/mol. The van der Waals surface area contributed by atoms with E-state index in [4.69, 9.17) is 14.2 Å². The van der Waals surface area contributed by atoms with E-state index in [9.17, 15) is 40.8 Å². The highest BCUT2D eigenvalue weighted by Gasteiger charge is 2.63. The molecule has 18 heteroatoms. The first-order chi connectivity index (χ1) is 27.1. The van der Waals surface area contributed by atoms with Crippen molar-refractivity contribution in [2.24, 2.45) is 17.8 Å². The quantitative estimate of drug-likeness (QED) is 0.281. The highest BCUT2D eigenvalue weighted by atomic mass is 32.2. The van der Waals surface area contributed by atoms with E-state index in [0.29, 0.717) is 63.7 Å². The molecule has 2 saturated carbocycles. The van der Waals surface area contributed by atoms with Crippen molar-refractivity contribution >= 4 is 44.6 Å². The first kappa shape index (κ1) is 43.0. The molecule has 1 saturated heterocycles. The number of carbonyl (C=O) groups excluding carboxylic acids is 4. The molecule has 318 valence electrons. The smallest absolute Gasteiger partial charge is 0.427 e. The van der Waals surface area contributed by atoms with Crippen LogP contribution in [-0.4, -0.2) is 95.5 Å². The Morgan fingerprint density at radius 1 is 1.10 bits per heavy atom. The van der Waals surface area contributed by atoms with Crippen molar-refractivity contribution in [1.82, 2.24) is 25.2 Å². The SMILES string of the molecule is CCOc1ccc2c(O[C@@H]3C[C@H]4C(=O)N[C@]5(C(=O)NS(=O)(=O)C6(C)CC6)C[C@H]5/C=C\CC[C@H](C)C[C@@H](C)[C@H](NC(=O)OC(C)(C)C(F)(F)F)C(=O)N4C3)nccc2c1. The summed E-state index contributed by atoms with van der Waals surface area (Å²) < 4.78 is 85.5. The summed E-state index contributed by atoms with van der Waals surface area (Å²) in [7, 11) is -4.08. The number of benzene rings is 1. The van der Waals surface area contributed by atoms with Gasteiger partial charge in [-0.25, -0.2) is 18.2 Å². The maximum Gasteiger partial charge on any atom is 0.427 e. The highest BCUT2D eigenvalue weighted by molar-refractivity contribution is 7.91. The van der Waals surface area contributed by atoms with Crippen LogP contribution in [-0.2, 0) is 29.1 Å². The van der Waals surface area contributed by atoms with E-state index in [-0.39, 0.29) is 31.2 Å². The van der Waals surface area contributed by atoms with Gasteiger partial charge in [0.1, 0.15) is 29.5 Å². The molecule has 0 spiro atoms. The topological polar surface area (TPSA) is 182 Å². The molecule has 58 heavy (non-hydrogen) atoms. The second-order valence-corrected chi connectivity index (χ2v) is 19.1. The number of hydrogen-bond acceptors (Lipinski definition) is 10. The summed E-state index contributed by atoms with van der Waals surface area (Å²) in [5, 5.41) is 6.56. The van der Waals surface area contributed by atoms with Crippen LogP contribution >= 0.6 is 0 Å². The van der Waals surface area contributed by atoms with Crippen LogP contribution in [0.25, 0.3) is 10.8 Å². The number of hydrogen-bond donors (Lipinski definition) is 3. The monoisotopic (exact) mass is 835 g/mol. The zero-order valence-electron chi connectivity index (χ0n) is 33.5. The van der Waals surface area contributed by atoms with Crippen LogP contribution in [0.3, 0.4) is 0 Å². The Morgan fingerprint density at radius 3 is 2.50 bits per heavy atom. The number of alkyl carbamates (subject to hydrolysis) is 1. The van der Waals surface area contributed by atoms with Crippen LogP contribution in [0.1, 0.15) is 86.5 Å².